The molecule has 0 saturated carbocycles. The smallest absolute Gasteiger partial charge is 0.244 e. The molecule has 1 fully saturated rings. The van der Waals surface area contributed by atoms with Gasteiger partial charge in [0.1, 0.15) is 6.54 Å². The van der Waals surface area contributed by atoms with E-state index in [1.807, 2.05) is 31.2 Å². The SMILES string of the molecule is Cc1ccc(-c2nnn(CC(=O)N[C@]3(C)CCS(=O)(=O)C3)n2)cc1. The van der Waals surface area contributed by atoms with Crippen molar-refractivity contribution in [1.29, 1.82) is 0 Å². The van der Waals surface area contributed by atoms with Crippen molar-refractivity contribution in [3.8, 4) is 11.4 Å². The van der Waals surface area contributed by atoms with E-state index in [9.17, 15) is 13.2 Å². The zero-order valence-corrected chi connectivity index (χ0v) is 14.4. The Morgan fingerprint density at radius 3 is 2.67 bits per heavy atom. The Morgan fingerprint density at radius 2 is 2.04 bits per heavy atom. The van der Waals surface area contributed by atoms with Gasteiger partial charge in [0.05, 0.1) is 17.0 Å². The van der Waals surface area contributed by atoms with Crippen LogP contribution in [0.3, 0.4) is 0 Å². The van der Waals surface area contributed by atoms with Gasteiger partial charge in [-0.25, -0.2) is 8.42 Å². The number of hydrogen-bond acceptors (Lipinski definition) is 6. The second-order valence-corrected chi connectivity index (χ2v) is 8.64. The molecule has 1 amide bonds. The lowest BCUT2D eigenvalue weighted by Gasteiger charge is -2.23. The molecular formula is C15H19N5O3S. The predicted octanol–water partition coefficient (Wildman–Crippen LogP) is 0.342. The van der Waals surface area contributed by atoms with E-state index in [2.05, 4.69) is 20.7 Å². The van der Waals surface area contributed by atoms with Gasteiger partial charge in [-0.2, -0.15) is 4.80 Å². The van der Waals surface area contributed by atoms with E-state index in [1.54, 1.807) is 6.92 Å². The highest BCUT2D eigenvalue weighted by Gasteiger charge is 2.39. The van der Waals surface area contributed by atoms with E-state index in [-0.39, 0.29) is 24.0 Å². The van der Waals surface area contributed by atoms with Crippen LogP contribution >= 0.6 is 0 Å². The quantitative estimate of drug-likeness (QED) is 0.853. The zero-order valence-electron chi connectivity index (χ0n) is 13.6. The Morgan fingerprint density at radius 1 is 1.33 bits per heavy atom. The van der Waals surface area contributed by atoms with Crippen LogP contribution in [-0.2, 0) is 21.2 Å². The van der Waals surface area contributed by atoms with E-state index in [1.165, 1.54) is 4.80 Å². The Kier molecular flexibility index (Phi) is 4.12. The third-order valence-corrected chi connectivity index (χ3v) is 5.90. The number of hydrogen-bond donors (Lipinski definition) is 1. The predicted molar refractivity (Wildman–Crippen MR) is 87.8 cm³/mol. The summed E-state index contributed by atoms with van der Waals surface area (Å²) in [5, 5.41) is 14.8. The molecule has 1 aromatic heterocycles. The van der Waals surface area contributed by atoms with Crippen LogP contribution in [0.1, 0.15) is 18.9 Å². The molecule has 0 radical (unpaired) electrons. The summed E-state index contributed by atoms with van der Waals surface area (Å²) < 4.78 is 23.2. The highest BCUT2D eigenvalue weighted by molar-refractivity contribution is 7.91. The van der Waals surface area contributed by atoms with Gasteiger partial charge in [0.25, 0.3) is 0 Å². The fourth-order valence-electron chi connectivity index (χ4n) is 2.74. The summed E-state index contributed by atoms with van der Waals surface area (Å²) in [5.41, 5.74) is 1.22. The minimum Gasteiger partial charge on any atom is -0.348 e. The Balaban J connectivity index is 1.64. The summed E-state index contributed by atoms with van der Waals surface area (Å²) in [7, 11) is -3.07. The number of nitrogens with one attached hydrogen (secondary N) is 1. The van der Waals surface area contributed by atoms with E-state index in [0.717, 1.165) is 11.1 Å². The Hall–Kier alpha value is -2.29. The molecule has 8 nitrogen and oxygen atoms in total. The summed E-state index contributed by atoms with van der Waals surface area (Å²) >= 11 is 0. The molecule has 1 N–H and O–H groups in total. The van der Waals surface area contributed by atoms with Crippen LogP contribution in [-0.4, -0.2) is 51.6 Å². The number of aromatic nitrogens is 4. The largest absolute Gasteiger partial charge is 0.348 e. The highest BCUT2D eigenvalue weighted by atomic mass is 32.2. The molecule has 2 aromatic rings. The number of rotatable bonds is 4. The lowest BCUT2D eigenvalue weighted by molar-refractivity contribution is -0.123. The summed E-state index contributed by atoms with van der Waals surface area (Å²) in [4.78, 5) is 13.3. The molecule has 0 spiro atoms. The van der Waals surface area contributed by atoms with Crippen LogP contribution in [0.2, 0.25) is 0 Å². The molecule has 1 atom stereocenters. The number of benzene rings is 1. The third-order valence-electron chi connectivity index (χ3n) is 3.99. The van der Waals surface area contributed by atoms with E-state index in [4.69, 9.17) is 0 Å². The molecule has 1 aromatic carbocycles. The van der Waals surface area contributed by atoms with Gasteiger partial charge in [0.15, 0.2) is 9.84 Å². The highest BCUT2D eigenvalue weighted by Crippen LogP contribution is 2.22. The lowest BCUT2D eigenvalue weighted by atomic mass is 10.0. The van der Waals surface area contributed by atoms with Crippen LogP contribution < -0.4 is 5.32 Å². The number of tetrazole rings is 1. The maximum atomic E-state index is 12.1. The van der Waals surface area contributed by atoms with Gasteiger partial charge in [-0.1, -0.05) is 29.8 Å². The normalized spacial score (nSPS) is 22.4. The molecule has 2 heterocycles. The average molecular weight is 349 g/mol. The summed E-state index contributed by atoms with van der Waals surface area (Å²) in [6, 6.07) is 7.68. The Bertz CT molecular complexity index is 859. The second-order valence-electron chi connectivity index (χ2n) is 6.46. The van der Waals surface area contributed by atoms with Crippen LogP contribution in [0.4, 0.5) is 0 Å². The molecule has 128 valence electrons. The summed E-state index contributed by atoms with van der Waals surface area (Å²) in [5.74, 6) is 0.175. The average Bonchev–Trinajstić information content (AvgIpc) is 3.04. The molecule has 1 aliphatic rings. The Labute approximate surface area is 140 Å². The van der Waals surface area contributed by atoms with Crippen LogP contribution in [0.5, 0.6) is 0 Å². The molecule has 24 heavy (non-hydrogen) atoms. The second kappa shape index (κ2) is 5.97. The van der Waals surface area contributed by atoms with Gasteiger partial charge in [0, 0.05) is 5.56 Å². The monoisotopic (exact) mass is 349 g/mol. The third kappa shape index (κ3) is 3.78. The van der Waals surface area contributed by atoms with Gasteiger partial charge < -0.3 is 5.32 Å². The molecule has 1 aliphatic heterocycles. The first-order valence-electron chi connectivity index (χ1n) is 7.61. The maximum Gasteiger partial charge on any atom is 0.244 e. The lowest BCUT2D eigenvalue weighted by Crippen LogP contribution is -2.48. The van der Waals surface area contributed by atoms with Gasteiger partial charge in [-0.15, -0.1) is 10.2 Å². The number of sulfone groups is 1. The van der Waals surface area contributed by atoms with E-state index in [0.29, 0.717) is 12.2 Å². The maximum absolute atomic E-state index is 12.1. The molecule has 0 bridgehead atoms. The molecule has 0 aliphatic carbocycles. The number of nitrogens with zero attached hydrogens (tertiary/aromatic N) is 4. The fourth-order valence-corrected chi connectivity index (χ4v) is 4.84. The molecule has 9 heteroatoms. The van der Waals surface area contributed by atoms with Crippen LogP contribution in [0, 0.1) is 6.92 Å². The van der Waals surface area contributed by atoms with Crippen LogP contribution in [0.25, 0.3) is 11.4 Å². The van der Waals surface area contributed by atoms with Gasteiger partial charge in [-0.3, -0.25) is 4.79 Å². The van der Waals surface area contributed by atoms with Crippen molar-refractivity contribution >= 4 is 15.7 Å². The van der Waals surface area contributed by atoms with Crippen molar-refractivity contribution in [3.63, 3.8) is 0 Å². The van der Waals surface area contributed by atoms with Crippen molar-refractivity contribution < 1.29 is 13.2 Å². The van der Waals surface area contributed by atoms with Crippen molar-refractivity contribution in [2.75, 3.05) is 11.5 Å². The topological polar surface area (TPSA) is 107 Å². The summed E-state index contributed by atoms with van der Waals surface area (Å²) in [6.45, 7) is 3.62. The summed E-state index contributed by atoms with van der Waals surface area (Å²) in [6.07, 6.45) is 0.417. The van der Waals surface area contributed by atoms with Crippen LogP contribution in [0.15, 0.2) is 24.3 Å². The van der Waals surface area contributed by atoms with Crippen molar-refractivity contribution in [2.45, 2.75) is 32.4 Å². The molecule has 1 saturated heterocycles. The first kappa shape index (κ1) is 16.6. The van der Waals surface area contributed by atoms with Crippen molar-refractivity contribution in [1.82, 2.24) is 25.5 Å². The molecular weight excluding hydrogens is 330 g/mol. The van der Waals surface area contributed by atoms with Crippen molar-refractivity contribution in [3.05, 3.63) is 29.8 Å². The van der Waals surface area contributed by atoms with E-state index < -0.39 is 15.4 Å². The fraction of sp³-hybridized carbons (Fsp3) is 0.467. The number of carbonyl (C=O) groups excluding carboxylic acids is 1. The first-order valence-corrected chi connectivity index (χ1v) is 9.43. The molecule has 0 unspecified atom stereocenters. The minimum absolute atomic E-state index is 0.0366. The zero-order chi connectivity index (χ0) is 17.4. The first-order chi connectivity index (χ1) is 11.2. The van der Waals surface area contributed by atoms with Gasteiger partial charge >= 0.3 is 0 Å². The van der Waals surface area contributed by atoms with Crippen molar-refractivity contribution in [2.24, 2.45) is 0 Å². The standard InChI is InChI=1S/C15H19N5O3S/c1-11-3-5-12(6-4-11)14-17-19-20(18-14)9-13(21)16-15(2)7-8-24(22,23)10-15/h3-6H,7-10H2,1-2H3,(H,16,21)/t15-/m1/s1. The van der Waals surface area contributed by atoms with E-state index >= 15 is 0 Å². The number of aryl methyl sites for hydroxylation is 1. The van der Waals surface area contributed by atoms with Gasteiger partial charge in [0.2, 0.25) is 11.7 Å². The minimum atomic E-state index is -3.07. The number of amides is 1. The molecule has 3 rings (SSSR count). The number of carbonyl (C=O) groups is 1. The van der Waals surface area contributed by atoms with Gasteiger partial charge in [-0.05, 0) is 25.5 Å².